The van der Waals surface area contributed by atoms with E-state index in [0.29, 0.717) is 12.1 Å². The zero-order valence-corrected chi connectivity index (χ0v) is 10.3. The lowest BCUT2D eigenvalue weighted by Crippen LogP contribution is -2.58. The first kappa shape index (κ1) is 13.0. The molecule has 19 heavy (non-hydrogen) atoms. The van der Waals surface area contributed by atoms with Crippen molar-refractivity contribution in [1.82, 2.24) is 5.32 Å². The first-order valence-electron chi connectivity index (χ1n) is 5.86. The molecule has 0 saturated carbocycles. The minimum absolute atomic E-state index is 0.0292. The standard InChI is InChI=1S/C13H12FN3O2/c1-2-11-13(19)16-12(18)7-17(11)10-4-8(6-15)3-9(14)5-10/h3-5,11H,2,7H2,1H3,(H,16,18,19). The van der Waals surface area contributed by atoms with Crippen LogP contribution in [0.2, 0.25) is 0 Å². The van der Waals surface area contributed by atoms with Gasteiger partial charge in [-0.05, 0) is 24.6 Å². The number of rotatable bonds is 2. The van der Waals surface area contributed by atoms with Crippen LogP contribution in [0.25, 0.3) is 0 Å². The van der Waals surface area contributed by atoms with Gasteiger partial charge in [-0.2, -0.15) is 5.26 Å². The third-order valence-electron chi connectivity index (χ3n) is 2.99. The van der Waals surface area contributed by atoms with Gasteiger partial charge in [-0.15, -0.1) is 0 Å². The molecule has 1 N–H and O–H groups in total. The number of piperazine rings is 1. The summed E-state index contributed by atoms with van der Waals surface area (Å²) in [6, 6.07) is 5.11. The Morgan fingerprint density at radius 2 is 2.21 bits per heavy atom. The summed E-state index contributed by atoms with van der Waals surface area (Å²) in [4.78, 5) is 24.7. The molecule has 0 bridgehead atoms. The van der Waals surface area contributed by atoms with Crippen LogP contribution in [-0.2, 0) is 9.59 Å². The summed E-state index contributed by atoms with van der Waals surface area (Å²) in [6.07, 6.45) is 0.484. The van der Waals surface area contributed by atoms with E-state index >= 15 is 0 Å². The van der Waals surface area contributed by atoms with Gasteiger partial charge in [-0.3, -0.25) is 14.9 Å². The molecule has 98 valence electrons. The molecule has 0 spiro atoms. The normalized spacial score (nSPS) is 19.0. The van der Waals surface area contributed by atoms with Crippen LogP contribution in [-0.4, -0.2) is 24.4 Å². The lowest BCUT2D eigenvalue weighted by atomic mass is 10.1. The number of imide groups is 1. The molecule has 1 unspecified atom stereocenters. The number of nitrogens with zero attached hydrogens (tertiary/aromatic N) is 2. The lowest BCUT2D eigenvalue weighted by molar-refractivity contribution is -0.132. The van der Waals surface area contributed by atoms with Crippen molar-refractivity contribution in [2.24, 2.45) is 0 Å². The first-order valence-corrected chi connectivity index (χ1v) is 5.86. The van der Waals surface area contributed by atoms with E-state index in [-0.39, 0.29) is 12.1 Å². The van der Waals surface area contributed by atoms with Crippen molar-refractivity contribution < 1.29 is 14.0 Å². The average molecular weight is 261 g/mol. The van der Waals surface area contributed by atoms with E-state index < -0.39 is 23.7 Å². The molecule has 1 aliphatic heterocycles. The van der Waals surface area contributed by atoms with Crippen LogP contribution in [0.3, 0.4) is 0 Å². The number of hydrogen-bond donors (Lipinski definition) is 1. The van der Waals surface area contributed by atoms with Crippen molar-refractivity contribution in [3.05, 3.63) is 29.6 Å². The largest absolute Gasteiger partial charge is 0.350 e. The predicted octanol–water partition coefficient (Wildman–Crippen LogP) is 0.939. The van der Waals surface area contributed by atoms with E-state index in [1.807, 2.05) is 6.07 Å². The quantitative estimate of drug-likeness (QED) is 0.804. The second kappa shape index (κ2) is 5.06. The van der Waals surface area contributed by atoms with Crippen LogP contribution >= 0.6 is 0 Å². The Labute approximate surface area is 109 Å². The summed E-state index contributed by atoms with van der Waals surface area (Å²) in [5.41, 5.74) is 0.523. The molecule has 1 atom stereocenters. The summed E-state index contributed by atoms with van der Waals surface area (Å²) in [7, 11) is 0. The van der Waals surface area contributed by atoms with Crippen molar-refractivity contribution in [3.63, 3.8) is 0 Å². The SMILES string of the molecule is CCC1C(=O)NC(=O)CN1c1cc(F)cc(C#N)c1. The molecule has 1 saturated heterocycles. The maximum atomic E-state index is 13.4. The highest BCUT2D eigenvalue weighted by Crippen LogP contribution is 2.23. The molecule has 2 amide bonds. The van der Waals surface area contributed by atoms with Crippen LogP contribution in [0.1, 0.15) is 18.9 Å². The van der Waals surface area contributed by atoms with Crippen LogP contribution in [0.4, 0.5) is 10.1 Å². The summed E-state index contributed by atoms with van der Waals surface area (Å²) >= 11 is 0. The number of carbonyl (C=O) groups excluding carboxylic acids is 2. The number of benzene rings is 1. The van der Waals surface area contributed by atoms with Crippen molar-refractivity contribution >= 4 is 17.5 Å². The highest BCUT2D eigenvalue weighted by Gasteiger charge is 2.32. The van der Waals surface area contributed by atoms with Crippen molar-refractivity contribution in [2.45, 2.75) is 19.4 Å². The molecule has 0 aromatic heterocycles. The summed E-state index contributed by atoms with van der Waals surface area (Å²) < 4.78 is 13.4. The molecule has 5 nitrogen and oxygen atoms in total. The summed E-state index contributed by atoms with van der Waals surface area (Å²) in [5, 5.41) is 11.1. The minimum Gasteiger partial charge on any atom is -0.350 e. The maximum Gasteiger partial charge on any atom is 0.249 e. The smallest absolute Gasteiger partial charge is 0.249 e. The van der Waals surface area contributed by atoms with E-state index in [9.17, 15) is 14.0 Å². The number of nitrogens with one attached hydrogen (secondary N) is 1. The Kier molecular flexibility index (Phi) is 3.47. The van der Waals surface area contributed by atoms with Gasteiger partial charge in [0.25, 0.3) is 0 Å². The fourth-order valence-corrected chi connectivity index (χ4v) is 2.15. The molecule has 1 aromatic carbocycles. The zero-order chi connectivity index (χ0) is 14.0. The van der Waals surface area contributed by atoms with Gasteiger partial charge in [0.15, 0.2) is 0 Å². The number of halogens is 1. The fourth-order valence-electron chi connectivity index (χ4n) is 2.15. The molecule has 1 aliphatic rings. The van der Waals surface area contributed by atoms with Crippen LogP contribution in [0, 0.1) is 17.1 Å². The zero-order valence-electron chi connectivity index (χ0n) is 10.3. The molecule has 1 aromatic rings. The monoisotopic (exact) mass is 261 g/mol. The topological polar surface area (TPSA) is 73.2 Å². The van der Waals surface area contributed by atoms with Gasteiger partial charge < -0.3 is 4.90 Å². The predicted molar refractivity (Wildman–Crippen MR) is 65.7 cm³/mol. The van der Waals surface area contributed by atoms with E-state index in [1.165, 1.54) is 17.0 Å². The Morgan fingerprint density at radius 1 is 1.47 bits per heavy atom. The van der Waals surface area contributed by atoms with Crippen LogP contribution < -0.4 is 10.2 Å². The van der Waals surface area contributed by atoms with Gasteiger partial charge in [-0.1, -0.05) is 6.92 Å². The van der Waals surface area contributed by atoms with Crippen molar-refractivity contribution in [2.75, 3.05) is 11.4 Å². The number of carbonyl (C=O) groups is 2. The number of amides is 2. The molecular formula is C13H12FN3O2. The van der Waals surface area contributed by atoms with Gasteiger partial charge in [-0.25, -0.2) is 4.39 Å². The molecule has 1 fully saturated rings. The van der Waals surface area contributed by atoms with Gasteiger partial charge in [0.05, 0.1) is 18.2 Å². The highest BCUT2D eigenvalue weighted by molar-refractivity contribution is 6.04. The maximum absolute atomic E-state index is 13.4. The van der Waals surface area contributed by atoms with Crippen molar-refractivity contribution in [1.29, 1.82) is 5.26 Å². The van der Waals surface area contributed by atoms with Gasteiger partial charge in [0, 0.05) is 5.69 Å². The third-order valence-corrected chi connectivity index (χ3v) is 2.99. The highest BCUT2D eigenvalue weighted by atomic mass is 19.1. The van der Waals surface area contributed by atoms with Gasteiger partial charge >= 0.3 is 0 Å². The number of hydrogen-bond acceptors (Lipinski definition) is 4. The minimum atomic E-state index is -0.567. The van der Waals surface area contributed by atoms with E-state index in [1.54, 1.807) is 6.92 Å². The summed E-state index contributed by atoms with van der Waals surface area (Å²) in [6.45, 7) is 1.77. The van der Waals surface area contributed by atoms with Gasteiger partial charge in [0.1, 0.15) is 11.9 Å². The number of anilines is 1. The summed E-state index contributed by atoms with van der Waals surface area (Å²) in [5.74, 6) is -1.40. The molecule has 0 aliphatic carbocycles. The molecular weight excluding hydrogens is 249 g/mol. The fraction of sp³-hybridized carbons (Fsp3) is 0.308. The molecule has 2 rings (SSSR count). The Balaban J connectivity index is 2.43. The number of nitriles is 1. The van der Waals surface area contributed by atoms with Crippen LogP contribution in [0.5, 0.6) is 0 Å². The molecule has 0 radical (unpaired) electrons. The Bertz CT molecular complexity index is 580. The first-order chi connectivity index (χ1) is 9.05. The molecule has 1 heterocycles. The Morgan fingerprint density at radius 3 is 2.84 bits per heavy atom. The van der Waals surface area contributed by atoms with E-state index in [4.69, 9.17) is 5.26 Å². The third kappa shape index (κ3) is 2.55. The Hall–Kier alpha value is -2.42. The molecule has 6 heteroatoms. The van der Waals surface area contributed by atoms with E-state index in [0.717, 1.165) is 6.07 Å². The second-order valence-corrected chi connectivity index (χ2v) is 4.27. The van der Waals surface area contributed by atoms with Crippen molar-refractivity contribution in [3.8, 4) is 6.07 Å². The van der Waals surface area contributed by atoms with Gasteiger partial charge in [0.2, 0.25) is 11.8 Å². The average Bonchev–Trinajstić information content (AvgIpc) is 2.37. The van der Waals surface area contributed by atoms with Crippen LogP contribution in [0.15, 0.2) is 18.2 Å². The lowest BCUT2D eigenvalue weighted by Gasteiger charge is -2.35. The van der Waals surface area contributed by atoms with E-state index in [2.05, 4.69) is 5.32 Å². The second-order valence-electron chi connectivity index (χ2n) is 4.27.